The Morgan fingerprint density at radius 1 is 1.12 bits per heavy atom. The summed E-state index contributed by atoms with van der Waals surface area (Å²) in [5, 5.41) is 10.0. The number of carboxylic acid groups (broad SMARTS) is 1. The van der Waals surface area contributed by atoms with E-state index in [9.17, 15) is 4.79 Å². The van der Waals surface area contributed by atoms with Crippen molar-refractivity contribution < 1.29 is 9.90 Å². The number of benzene rings is 2. The van der Waals surface area contributed by atoms with Crippen LogP contribution in [0.2, 0.25) is 10.0 Å². The fourth-order valence-corrected chi connectivity index (χ4v) is 2.84. The van der Waals surface area contributed by atoms with Crippen molar-refractivity contribution in [1.82, 2.24) is 9.55 Å². The second-order valence-electron chi connectivity index (χ2n) is 5.36. The molecule has 0 bridgehead atoms. The number of rotatable bonds is 5. The summed E-state index contributed by atoms with van der Waals surface area (Å²) in [5.41, 5.74) is 2.18. The molecule has 0 atom stereocenters. The van der Waals surface area contributed by atoms with Gasteiger partial charge in [0.1, 0.15) is 5.82 Å². The van der Waals surface area contributed by atoms with Crippen LogP contribution in [-0.2, 0) is 13.0 Å². The Bertz CT molecular complexity index is 873. The summed E-state index contributed by atoms with van der Waals surface area (Å²) in [5.74, 6) is -0.0676. The van der Waals surface area contributed by atoms with Gasteiger partial charge in [0, 0.05) is 25.4 Å². The van der Waals surface area contributed by atoms with E-state index in [1.807, 2.05) is 22.9 Å². The van der Waals surface area contributed by atoms with Gasteiger partial charge in [-0.1, -0.05) is 47.5 Å². The van der Waals surface area contributed by atoms with Crippen LogP contribution in [-0.4, -0.2) is 20.6 Å². The summed E-state index contributed by atoms with van der Waals surface area (Å²) < 4.78 is 2.01. The summed E-state index contributed by atoms with van der Waals surface area (Å²) >= 11 is 12.3. The zero-order valence-corrected chi connectivity index (χ0v) is 14.1. The second kappa shape index (κ2) is 7.07. The molecule has 0 aliphatic rings. The smallest absolute Gasteiger partial charge is 0.335 e. The van der Waals surface area contributed by atoms with Crippen molar-refractivity contribution in [1.29, 1.82) is 0 Å². The van der Waals surface area contributed by atoms with Gasteiger partial charge in [-0.3, -0.25) is 0 Å². The van der Waals surface area contributed by atoms with Gasteiger partial charge in [-0.25, -0.2) is 9.78 Å². The molecule has 0 amide bonds. The number of imidazole rings is 1. The average molecular weight is 361 g/mol. The van der Waals surface area contributed by atoms with E-state index in [2.05, 4.69) is 4.98 Å². The van der Waals surface area contributed by atoms with Crippen molar-refractivity contribution in [3.8, 4) is 0 Å². The Kier molecular flexibility index (Phi) is 4.88. The summed E-state index contributed by atoms with van der Waals surface area (Å²) in [7, 11) is 0. The van der Waals surface area contributed by atoms with Crippen LogP contribution in [0.3, 0.4) is 0 Å². The number of nitrogens with zero attached hydrogens (tertiary/aromatic N) is 2. The number of hydrogen-bond donors (Lipinski definition) is 1. The SMILES string of the molecule is O=C(O)c1ccc(Cn2ccnc2Cc2cccc(Cl)c2Cl)cc1. The van der Waals surface area contributed by atoms with E-state index in [0.29, 0.717) is 23.0 Å². The Morgan fingerprint density at radius 3 is 2.58 bits per heavy atom. The zero-order valence-electron chi connectivity index (χ0n) is 12.6. The van der Waals surface area contributed by atoms with Crippen LogP contribution in [0.4, 0.5) is 0 Å². The molecule has 0 aliphatic carbocycles. The summed E-state index contributed by atoms with van der Waals surface area (Å²) in [6, 6.07) is 12.4. The lowest BCUT2D eigenvalue weighted by Crippen LogP contribution is -2.06. The standard InChI is InChI=1S/C18H14Cl2N2O2/c19-15-3-1-2-14(17(15)20)10-16-21-8-9-22(16)11-12-4-6-13(7-5-12)18(23)24/h1-9H,10-11H2,(H,23,24). The van der Waals surface area contributed by atoms with Crippen LogP contribution in [0.15, 0.2) is 54.9 Å². The highest BCUT2D eigenvalue weighted by Crippen LogP contribution is 2.27. The summed E-state index contributed by atoms with van der Waals surface area (Å²) in [6.07, 6.45) is 4.19. The Morgan fingerprint density at radius 2 is 1.88 bits per heavy atom. The largest absolute Gasteiger partial charge is 0.478 e. The topological polar surface area (TPSA) is 55.1 Å². The first-order valence-electron chi connectivity index (χ1n) is 7.29. The molecule has 0 aliphatic heterocycles. The fraction of sp³-hybridized carbons (Fsp3) is 0.111. The van der Waals surface area contributed by atoms with Crippen molar-refractivity contribution in [2.75, 3.05) is 0 Å². The molecule has 2 aromatic carbocycles. The molecule has 6 heteroatoms. The van der Waals surface area contributed by atoms with Gasteiger partial charge in [-0.05, 0) is 29.3 Å². The van der Waals surface area contributed by atoms with Gasteiger partial charge in [0.15, 0.2) is 0 Å². The number of carbonyl (C=O) groups is 1. The van der Waals surface area contributed by atoms with E-state index in [1.165, 1.54) is 0 Å². The van der Waals surface area contributed by atoms with E-state index in [-0.39, 0.29) is 5.56 Å². The van der Waals surface area contributed by atoms with Crippen LogP contribution in [0.5, 0.6) is 0 Å². The molecule has 122 valence electrons. The lowest BCUT2D eigenvalue weighted by Gasteiger charge is -2.10. The molecule has 1 heterocycles. The van der Waals surface area contributed by atoms with Crippen molar-refractivity contribution >= 4 is 29.2 Å². The quantitative estimate of drug-likeness (QED) is 0.727. The molecule has 3 rings (SSSR count). The average Bonchev–Trinajstić information content (AvgIpc) is 2.99. The van der Waals surface area contributed by atoms with Crippen molar-refractivity contribution in [2.24, 2.45) is 0 Å². The van der Waals surface area contributed by atoms with Crippen LogP contribution < -0.4 is 0 Å². The van der Waals surface area contributed by atoms with Gasteiger partial charge in [-0.15, -0.1) is 0 Å². The molecular formula is C18H14Cl2N2O2. The third-order valence-corrected chi connectivity index (χ3v) is 4.59. The highest BCUT2D eigenvalue weighted by Gasteiger charge is 2.10. The van der Waals surface area contributed by atoms with E-state index in [0.717, 1.165) is 17.0 Å². The number of hydrogen-bond acceptors (Lipinski definition) is 2. The van der Waals surface area contributed by atoms with E-state index in [4.69, 9.17) is 28.3 Å². The van der Waals surface area contributed by atoms with Gasteiger partial charge in [0.2, 0.25) is 0 Å². The molecule has 3 aromatic rings. The first-order valence-corrected chi connectivity index (χ1v) is 8.05. The molecule has 1 N–H and O–H groups in total. The second-order valence-corrected chi connectivity index (χ2v) is 6.15. The predicted molar refractivity (Wildman–Crippen MR) is 94.0 cm³/mol. The molecule has 24 heavy (non-hydrogen) atoms. The molecular weight excluding hydrogens is 347 g/mol. The molecule has 0 saturated heterocycles. The monoisotopic (exact) mass is 360 g/mol. The van der Waals surface area contributed by atoms with Crippen molar-refractivity contribution in [3.05, 3.63) is 87.4 Å². The lowest BCUT2D eigenvalue weighted by atomic mass is 10.1. The molecule has 0 spiro atoms. The van der Waals surface area contributed by atoms with Gasteiger partial charge < -0.3 is 9.67 Å². The first-order chi connectivity index (χ1) is 11.5. The van der Waals surface area contributed by atoms with Crippen LogP contribution in [0, 0.1) is 0 Å². The van der Waals surface area contributed by atoms with Crippen LogP contribution in [0.25, 0.3) is 0 Å². The molecule has 0 fully saturated rings. The van der Waals surface area contributed by atoms with Gasteiger partial charge in [-0.2, -0.15) is 0 Å². The maximum Gasteiger partial charge on any atom is 0.335 e. The lowest BCUT2D eigenvalue weighted by molar-refractivity contribution is 0.0697. The molecule has 1 aromatic heterocycles. The molecule has 4 nitrogen and oxygen atoms in total. The fourth-order valence-electron chi connectivity index (χ4n) is 2.46. The van der Waals surface area contributed by atoms with Crippen molar-refractivity contribution in [3.63, 3.8) is 0 Å². The first kappa shape index (κ1) is 16.6. The number of aromatic nitrogens is 2. The highest BCUT2D eigenvalue weighted by molar-refractivity contribution is 6.42. The van der Waals surface area contributed by atoms with E-state index < -0.39 is 5.97 Å². The van der Waals surface area contributed by atoms with Crippen LogP contribution >= 0.6 is 23.2 Å². The Labute approximate surface area is 149 Å². The predicted octanol–water partition coefficient (Wildman–Crippen LogP) is 4.53. The minimum Gasteiger partial charge on any atom is -0.478 e. The van der Waals surface area contributed by atoms with Gasteiger partial charge in [0.05, 0.1) is 15.6 Å². The molecule has 0 saturated carbocycles. The number of halogens is 2. The third-order valence-electron chi connectivity index (χ3n) is 3.74. The van der Waals surface area contributed by atoms with Crippen molar-refractivity contribution in [2.45, 2.75) is 13.0 Å². The minimum absolute atomic E-state index is 0.273. The van der Waals surface area contributed by atoms with E-state index >= 15 is 0 Å². The third kappa shape index (κ3) is 3.61. The molecule has 0 unspecified atom stereocenters. The Balaban J connectivity index is 1.80. The summed E-state index contributed by atoms with van der Waals surface area (Å²) in [6.45, 7) is 0.605. The summed E-state index contributed by atoms with van der Waals surface area (Å²) in [4.78, 5) is 15.3. The molecule has 0 radical (unpaired) electrons. The number of aromatic carboxylic acids is 1. The highest BCUT2D eigenvalue weighted by atomic mass is 35.5. The Hall–Kier alpha value is -2.30. The van der Waals surface area contributed by atoms with Crippen LogP contribution in [0.1, 0.15) is 27.3 Å². The van der Waals surface area contributed by atoms with Gasteiger partial charge in [0.25, 0.3) is 0 Å². The normalized spacial score (nSPS) is 10.8. The maximum absolute atomic E-state index is 10.9. The minimum atomic E-state index is -0.930. The maximum atomic E-state index is 10.9. The van der Waals surface area contributed by atoms with Gasteiger partial charge >= 0.3 is 5.97 Å². The number of carboxylic acids is 1. The van der Waals surface area contributed by atoms with E-state index in [1.54, 1.807) is 36.5 Å². The zero-order chi connectivity index (χ0) is 17.1.